The lowest BCUT2D eigenvalue weighted by atomic mass is 9.85. The zero-order chi connectivity index (χ0) is 23.8. The summed E-state index contributed by atoms with van der Waals surface area (Å²) in [7, 11) is 0. The van der Waals surface area contributed by atoms with Gasteiger partial charge < -0.3 is 15.0 Å². The number of rotatable bonds is 6. The van der Waals surface area contributed by atoms with Crippen molar-refractivity contribution in [2.24, 2.45) is 11.1 Å². The van der Waals surface area contributed by atoms with Crippen LogP contribution in [0.1, 0.15) is 38.2 Å². The van der Waals surface area contributed by atoms with E-state index in [4.69, 9.17) is 15.5 Å². The van der Waals surface area contributed by atoms with E-state index < -0.39 is 35.3 Å². The van der Waals surface area contributed by atoms with Gasteiger partial charge in [-0.1, -0.05) is 51.1 Å². The van der Waals surface area contributed by atoms with Crippen LogP contribution in [0.15, 0.2) is 54.7 Å². The van der Waals surface area contributed by atoms with Crippen LogP contribution < -0.4 is 5.73 Å². The predicted molar refractivity (Wildman–Crippen MR) is 121 cm³/mol. The second-order valence-corrected chi connectivity index (χ2v) is 9.38. The fourth-order valence-electron chi connectivity index (χ4n) is 4.25. The van der Waals surface area contributed by atoms with Crippen LogP contribution >= 0.6 is 0 Å². The monoisotopic (exact) mass is 454 g/mol. The van der Waals surface area contributed by atoms with Crippen molar-refractivity contribution in [1.29, 1.82) is 0 Å². The molecular formula is C25H28F2N4O2. The molecular weight excluding hydrogens is 426 g/mol. The van der Waals surface area contributed by atoms with Gasteiger partial charge in [0.2, 0.25) is 0 Å². The third-order valence-corrected chi connectivity index (χ3v) is 5.75. The molecule has 0 saturated carbocycles. The molecule has 1 aromatic heterocycles. The third-order valence-electron chi connectivity index (χ3n) is 5.75. The Bertz CT molecular complexity index is 1140. The van der Waals surface area contributed by atoms with Crippen molar-refractivity contribution >= 4 is 6.09 Å². The summed E-state index contributed by atoms with van der Waals surface area (Å²) >= 11 is 0. The van der Waals surface area contributed by atoms with Crippen LogP contribution in [0.3, 0.4) is 0 Å². The molecule has 174 valence electrons. The van der Waals surface area contributed by atoms with E-state index in [-0.39, 0.29) is 12.1 Å². The zero-order valence-electron chi connectivity index (χ0n) is 19.0. The van der Waals surface area contributed by atoms with Crippen molar-refractivity contribution in [3.63, 3.8) is 0 Å². The molecule has 3 aromatic rings. The summed E-state index contributed by atoms with van der Waals surface area (Å²) in [6.07, 6.45) is 0.846. The first-order valence-electron chi connectivity index (χ1n) is 10.9. The average Bonchev–Trinajstić information content (AvgIpc) is 3.33. The highest BCUT2D eigenvalue weighted by atomic mass is 19.1. The highest BCUT2D eigenvalue weighted by molar-refractivity contribution is 5.71. The summed E-state index contributed by atoms with van der Waals surface area (Å²) in [5.41, 5.74) is 6.70. The van der Waals surface area contributed by atoms with Crippen molar-refractivity contribution in [3.8, 4) is 11.3 Å². The Balaban J connectivity index is 1.85. The Morgan fingerprint density at radius 3 is 2.55 bits per heavy atom. The van der Waals surface area contributed by atoms with Gasteiger partial charge in [-0.25, -0.2) is 18.6 Å². The number of nitrogens with zero attached hydrogens (tertiary/aromatic N) is 3. The highest BCUT2D eigenvalue weighted by Gasteiger charge is 2.44. The number of ether oxygens (including phenoxy) is 1. The van der Waals surface area contributed by atoms with Gasteiger partial charge in [-0.15, -0.1) is 0 Å². The number of nitrogens with two attached hydrogens (primary N) is 1. The maximum Gasteiger partial charge on any atom is 0.410 e. The standard InChI is InChI=1S/C25H28F2N4O2/c1-25(2,3)22(31-14-18(12-28)33-24(31)32)23-29-21(19-11-17(26)9-10-20(19)27)15-30(23)13-16-7-5-4-6-8-16/h4-11,15,18,22H,12-14,28H2,1-3H3/t18-,22-/m0/s1. The van der Waals surface area contributed by atoms with E-state index in [2.05, 4.69) is 0 Å². The molecule has 1 aliphatic rings. The Morgan fingerprint density at radius 2 is 1.91 bits per heavy atom. The fourth-order valence-corrected chi connectivity index (χ4v) is 4.25. The Kier molecular flexibility index (Phi) is 6.21. The molecule has 0 aliphatic carbocycles. The van der Waals surface area contributed by atoms with E-state index in [0.717, 1.165) is 23.8 Å². The molecule has 1 saturated heterocycles. The highest BCUT2D eigenvalue weighted by Crippen LogP contribution is 2.41. The quantitative estimate of drug-likeness (QED) is 0.584. The van der Waals surface area contributed by atoms with Crippen LogP contribution in [0.5, 0.6) is 0 Å². The van der Waals surface area contributed by atoms with Crippen LogP contribution in [-0.4, -0.2) is 39.7 Å². The predicted octanol–water partition coefficient (Wildman–Crippen LogP) is 4.74. The third kappa shape index (κ3) is 4.75. The van der Waals surface area contributed by atoms with E-state index in [1.807, 2.05) is 55.7 Å². The smallest absolute Gasteiger partial charge is 0.410 e. The van der Waals surface area contributed by atoms with Crippen molar-refractivity contribution in [2.45, 2.75) is 39.5 Å². The maximum absolute atomic E-state index is 14.6. The summed E-state index contributed by atoms with van der Waals surface area (Å²) in [6.45, 7) is 7.02. The first kappa shape index (κ1) is 22.9. The van der Waals surface area contributed by atoms with Gasteiger partial charge in [0, 0.05) is 24.8 Å². The molecule has 1 fully saturated rings. The molecule has 4 rings (SSSR count). The number of hydrogen-bond donors (Lipinski definition) is 1. The molecule has 2 heterocycles. The second-order valence-electron chi connectivity index (χ2n) is 9.38. The van der Waals surface area contributed by atoms with Gasteiger partial charge in [-0.3, -0.25) is 4.90 Å². The molecule has 0 spiro atoms. The number of amides is 1. The Morgan fingerprint density at radius 1 is 1.18 bits per heavy atom. The summed E-state index contributed by atoms with van der Waals surface area (Å²) in [4.78, 5) is 19.1. The normalized spacial score (nSPS) is 17.3. The van der Waals surface area contributed by atoms with Crippen molar-refractivity contribution in [2.75, 3.05) is 13.1 Å². The Labute approximate surface area is 192 Å². The van der Waals surface area contributed by atoms with Gasteiger partial charge in [0.25, 0.3) is 0 Å². The average molecular weight is 455 g/mol. The molecule has 8 heteroatoms. The minimum atomic E-state index is -0.566. The number of cyclic esters (lactones) is 1. The summed E-state index contributed by atoms with van der Waals surface area (Å²) in [5.74, 6) is -0.546. The summed E-state index contributed by atoms with van der Waals surface area (Å²) < 4.78 is 35.9. The van der Waals surface area contributed by atoms with E-state index >= 15 is 0 Å². The van der Waals surface area contributed by atoms with Gasteiger partial charge in [0.15, 0.2) is 0 Å². The molecule has 2 atom stereocenters. The van der Waals surface area contributed by atoms with E-state index in [0.29, 0.717) is 24.6 Å². The van der Waals surface area contributed by atoms with Gasteiger partial charge in [-0.2, -0.15) is 0 Å². The summed E-state index contributed by atoms with van der Waals surface area (Å²) in [5, 5.41) is 0. The van der Waals surface area contributed by atoms with Gasteiger partial charge >= 0.3 is 6.09 Å². The largest absolute Gasteiger partial charge is 0.443 e. The lowest BCUT2D eigenvalue weighted by Gasteiger charge is -2.36. The molecule has 0 radical (unpaired) electrons. The van der Waals surface area contributed by atoms with Crippen LogP contribution in [-0.2, 0) is 11.3 Å². The van der Waals surface area contributed by atoms with Gasteiger partial charge in [-0.05, 0) is 29.2 Å². The first-order valence-corrected chi connectivity index (χ1v) is 10.9. The van der Waals surface area contributed by atoms with Crippen LogP contribution in [0.25, 0.3) is 11.3 Å². The molecule has 0 bridgehead atoms. The molecule has 2 aromatic carbocycles. The topological polar surface area (TPSA) is 73.4 Å². The molecule has 2 N–H and O–H groups in total. The van der Waals surface area contributed by atoms with E-state index in [1.54, 1.807) is 11.1 Å². The lowest BCUT2D eigenvalue weighted by Crippen LogP contribution is -2.40. The number of halogens is 2. The molecule has 33 heavy (non-hydrogen) atoms. The number of benzene rings is 2. The van der Waals surface area contributed by atoms with Crippen LogP contribution in [0, 0.1) is 17.0 Å². The van der Waals surface area contributed by atoms with Crippen molar-refractivity contribution in [1.82, 2.24) is 14.5 Å². The van der Waals surface area contributed by atoms with Crippen molar-refractivity contribution < 1.29 is 18.3 Å². The van der Waals surface area contributed by atoms with Crippen molar-refractivity contribution in [3.05, 3.63) is 77.8 Å². The Hall–Kier alpha value is -3.26. The zero-order valence-corrected chi connectivity index (χ0v) is 19.0. The van der Waals surface area contributed by atoms with Gasteiger partial charge in [0.1, 0.15) is 23.6 Å². The minimum Gasteiger partial charge on any atom is -0.443 e. The number of aromatic nitrogens is 2. The van der Waals surface area contributed by atoms with E-state index in [9.17, 15) is 13.6 Å². The fraction of sp³-hybridized carbons (Fsp3) is 0.360. The summed E-state index contributed by atoms with van der Waals surface area (Å²) in [6, 6.07) is 12.6. The minimum absolute atomic E-state index is 0.0690. The molecule has 1 amide bonds. The SMILES string of the molecule is CC(C)(C)[C@H](c1nc(-c2cc(F)ccc2F)cn1Cc1ccccc1)N1C[C@H](CN)OC1=O. The van der Waals surface area contributed by atoms with Crippen LogP contribution in [0.4, 0.5) is 13.6 Å². The number of carbonyl (C=O) groups is 1. The second kappa shape index (κ2) is 8.94. The van der Waals surface area contributed by atoms with Crippen LogP contribution in [0.2, 0.25) is 0 Å². The van der Waals surface area contributed by atoms with E-state index in [1.165, 1.54) is 0 Å². The number of hydrogen-bond acceptors (Lipinski definition) is 4. The molecule has 0 unspecified atom stereocenters. The van der Waals surface area contributed by atoms with Gasteiger partial charge in [0.05, 0.1) is 18.3 Å². The number of carbonyl (C=O) groups excluding carboxylic acids is 1. The maximum atomic E-state index is 14.6. The first-order chi connectivity index (χ1) is 15.7. The molecule has 1 aliphatic heterocycles. The number of imidazole rings is 1. The lowest BCUT2D eigenvalue weighted by molar-refractivity contribution is 0.104. The molecule has 6 nitrogen and oxygen atoms in total.